The molecule has 1 aliphatic heterocycles. The minimum Gasteiger partial charge on any atom is -0.481 e. The highest BCUT2D eigenvalue weighted by atomic mass is 16.7. The van der Waals surface area contributed by atoms with Crippen LogP contribution in [0.4, 0.5) is 9.59 Å². The number of aliphatic carboxylic acids is 1. The second-order valence-electron chi connectivity index (χ2n) is 5.37. The Balaban J connectivity index is 2.46. The molecule has 1 fully saturated rings. The second kappa shape index (κ2) is 10.7. The number of alkyl carbamates (subject to hydrolysis) is 2. The maximum atomic E-state index is 11.5. The summed E-state index contributed by atoms with van der Waals surface area (Å²) in [4.78, 5) is 33.2. The summed E-state index contributed by atoms with van der Waals surface area (Å²) < 4.78 is 14.5. The van der Waals surface area contributed by atoms with Crippen LogP contribution in [0.2, 0.25) is 0 Å². The molecule has 1 heterocycles. The number of carbonyl (C=O) groups excluding carboxylic acids is 2. The summed E-state index contributed by atoms with van der Waals surface area (Å²) >= 11 is 0. The molecule has 0 radical (unpaired) electrons. The van der Waals surface area contributed by atoms with E-state index in [4.69, 9.17) is 19.3 Å². The average Bonchev–Trinajstić information content (AvgIpc) is 2.58. The van der Waals surface area contributed by atoms with Crippen molar-refractivity contribution in [2.45, 2.75) is 37.1 Å². The molecule has 0 aromatic rings. The molecule has 1 aliphatic rings. The lowest BCUT2D eigenvalue weighted by Crippen LogP contribution is -2.61. The van der Waals surface area contributed by atoms with Gasteiger partial charge in [0.05, 0.1) is 19.5 Å². The van der Waals surface area contributed by atoms with E-state index in [0.717, 1.165) is 0 Å². The minimum absolute atomic E-state index is 0.161. The molecular weight excluding hydrogens is 358 g/mol. The van der Waals surface area contributed by atoms with Crippen LogP contribution >= 0.6 is 0 Å². The number of nitrogens with one attached hydrogen (secondary N) is 2. The van der Waals surface area contributed by atoms with Crippen LogP contribution in [0.5, 0.6) is 0 Å². The van der Waals surface area contributed by atoms with Gasteiger partial charge in [-0.15, -0.1) is 0 Å². The largest absolute Gasteiger partial charge is 0.481 e. The van der Waals surface area contributed by atoms with Crippen LogP contribution in [-0.2, 0) is 19.0 Å². The summed E-state index contributed by atoms with van der Waals surface area (Å²) in [5.74, 6) is -1.10. The molecule has 1 saturated heterocycles. The first-order valence-electron chi connectivity index (χ1n) is 7.82. The van der Waals surface area contributed by atoms with Gasteiger partial charge in [0, 0.05) is 6.54 Å². The third-order valence-electron chi connectivity index (χ3n) is 3.34. The number of hydrogen-bond acceptors (Lipinski definition) is 9. The van der Waals surface area contributed by atoms with E-state index in [-0.39, 0.29) is 19.5 Å². The monoisotopic (exact) mass is 382 g/mol. The highest BCUT2D eigenvalue weighted by Crippen LogP contribution is 2.22. The molecule has 0 unspecified atom stereocenters. The van der Waals surface area contributed by atoms with Gasteiger partial charge in [0.1, 0.15) is 24.9 Å². The smallest absolute Gasteiger partial charge is 0.407 e. The molecule has 0 saturated carbocycles. The van der Waals surface area contributed by atoms with E-state index in [0.29, 0.717) is 6.54 Å². The second-order valence-corrected chi connectivity index (χ2v) is 5.37. The lowest BCUT2D eigenvalue weighted by atomic mass is 9.99. The van der Waals surface area contributed by atoms with Crippen molar-refractivity contribution in [2.75, 3.05) is 26.2 Å². The van der Waals surface area contributed by atoms with Crippen LogP contribution in [0.15, 0.2) is 0 Å². The molecule has 150 valence electrons. The number of carboxylic acid groups (broad SMARTS) is 1. The van der Waals surface area contributed by atoms with Gasteiger partial charge in [-0.1, -0.05) is 0 Å². The molecule has 13 heteroatoms. The molecule has 13 nitrogen and oxygen atoms in total. The number of quaternary nitrogens is 1. The van der Waals surface area contributed by atoms with Gasteiger partial charge in [-0.05, 0) is 0 Å². The molecular formula is C13H24N3O10+. The van der Waals surface area contributed by atoms with Crippen LogP contribution in [0.1, 0.15) is 6.42 Å². The minimum atomic E-state index is -1.76. The van der Waals surface area contributed by atoms with Gasteiger partial charge in [-0.3, -0.25) is 4.79 Å². The van der Waals surface area contributed by atoms with Gasteiger partial charge >= 0.3 is 18.2 Å². The van der Waals surface area contributed by atoms with Gasteiger partial charge in [0.2, 0.25) is 0 Å². The molecule has 1 rings (SSSR count). The van der Waals surface area contributed by atoms with Crippen LogP contribution in [0.3, 0.4) is 0 Å². The number of carbonyl (C=O) groups is 3. The van der Waals surface area contributed by atoms with Gasteiger partial charge in [-0.25, -0.2) is 9.59 Å². The molecule has 0 aliphatic carbocycles. The number of amides is 2. The fraction of sp³-hybridized carbons (Fsp3) is 0.769. The summed E-state index contributed by atoms with van der Waals surface area (Å²) in [7, 11) is 0. The van der Waals surface area contributed by atoms with Gasteiger partial charge in [-0.2, -0.15) is 0 Å². The number of ether oxygens (including phenoxy) is 3. The van der Waals surface area contributed by atoms with E-state index in [2.05, 4.69) is 16.4 Å². The summed E-state index contributed by atoms with van der Waals surface area (Å²) in [5, 5.41) is 42.7. The first kappa shape index (κ1) is 21.9. The SMILES string of the molecule is [NH3+]CCNC(=O)O[C@@H]1[C@@H](O)[C@H](O)[C@@H](COC(=O)NCCC(=O)O)O[C@H]1O. The fourth-order valence-electron chi connectivity index (χ4n) is 2.02. The summed E-state index contributed by atoms with van der Waals surface area (Å²) in [5.41, 5.74) is 3.51. The number of aliphatic hydroxyl groups is 3. The first-order chi connectivity index (χ1) is 12.3. The van der Waals surface area contributed by atoms with Gasteiger partial charge < -0.3 is 51.0 Å². The van der Waals surface area contributed by atoms with Crippen LogP contribution in [0.25, 0.3) is 0 Å². The highest BCUT2D eigenvalue weighted by Gasteiger charge is 2.46. The van der Waals surface area contributed by atoms with Crippen LogP contribution in [-0.4, -0.2) is 95.5 Å². The standard InChI is InChI=1S/C13H23N3O10/c14-2-4-16-13(23)26-10-9(20)8(19)6(25-11(10)21)5-24-12(22)15-3-1-7(17)18/h6,8-11,19-21H,1-5,14H2,(H,15,22)(H,16,23)(H,17,18)/p+1/t6-,8-,9+,10-,11-/m1/s1. The zero-order valence-electron chi connectivity index (χ0n) is 13.9. The zero-order valence-corrected chi connectivity index (χ0v) is 13.9. The van der Waals surface area contributed by atoms with E-state index in [9.17, 15) is 29.7 Å². The Kier molecular flexibility index (Phi) is 9.01. The summed E-state index contributed by atoms with van der Waals surface area (Å²) in [6, 6.07) is 0. The molecule has 2 amide bonds. The third kappa shape index (κ3) is 6.97. The predicted molar refractivity (Wildman–Crippen MR) is 80.5 cm³/mol. The first-order valence-corrected chi connectivity index (χ1v) is 7.82. The number of aliphatic hydroxyl groups excluding tert-OH is 3. The Morgan fingerprint density at radius 2 is 1.69 bits per heavy atom. The average molecular weight is 382 g/mol. The number of hydrogen-bond donors (Lipinski definition) is 7. The summed E-state index contributed by atoms with van der Waals surface area (Å²) in [6.07, 6.45) is -10.1. The van der Waals surface area contributed by atoms with Crippen molar-refractivity contribution in [1.82, 2.24) is 10.6 Å². The molecule has 5 atom stereocenters. The Bertz CT molecular complexity index is 491. The van der Waals surface area contributed by atoms with Crippen LogP contribution < -0.4 is 16.4 Å². The molecule has 0 aromatic carbocycles. The van der Waals surface area contributed by atoms with Crippen molar-refractivity contribution >= 4 is 18.2 Å². The van der Waals surface area contributed by atoms with E-state index in [1.165, 1.54) is 0 Å². The quantitative estimate of drug-likeness (QED) is 0.216. The maximum Gasteiger partial charge on any atom is 0.407 e. The topological polar surface area (TPSA) is 212 Å². The van der Waals surface area contributed by atoms with Crippen LogP contribution in [0, 0.1) is 0 Å². The predicted octanol–water partition coefficient (Wildman–Crippen LogP) is -4.04. The lowest BCUT2D eigenvalue weighted by Gasteiger charge is -2.39. The normalized spacial score (nSPS) is 28.1. The lowest BCUT2D eigenvalue weighted by molar-refractivity contribution is -0.364. The zero-order chi connectivity index (χ0) is 19.7. The molecule has 26 heavy (non-hydrogen) atoms. The van der Waals surface area contributed by atoms with Crippen molar-refractivity contribution < 1.29 is 54.8 Å². The highest BCUT2D eigenvalue weighted by molar-refractivity contribution is 5.70. The molecule has 0 bridgehead atoms. The maximum absolute atomic E-state index is 11.5. The van der Waals surface area contributed by atoms with Crippen molar-refractivity contribution in [1.29, 1.82) is 0 Å². The molecule has 0 aromatic heterocycles. The number of rotatable bonds is 8. The van der Waals surface area contributed by atoms with Gasteiger partial charge in [0.15, 0.2) is 12.4 Å². The van der Waals surface area contributed by atoms with Crippen molar-refractivity contribution in [3.63, 3.8) is 0 Å². The Hall–Kier alpha value is -2.19. The van der Waals surface area contributed by atoms with E-state index >= 15 is 0 Å². The fourth-order valence-corrected chi connectivity index (χ4v) is 2.02. The number of carboxylic acids is 1. The third-order valence-corrected chi connectivity index (χ3v) is 3.34. The Morgan fingerprint density at radius 3 is 2.31 bits per heavy atom. The molecule has 9 N–H and O–H groups in total. The van der Waals surface area contributed by atoms with Crippen molar-refractivity contribution in [3.05, 3.63) is 0 Å². The Labute approximate surface area is 148 Å². The van der Waals surface area contributed by atoms with Gasteiger partial charge in [0.25, 0.3) is 0 Å². The molecule has 0 spiro atoms. The van der Waals surface area contributed by atoms with E-state index < -0.39 is 55.5 Å². The van der Waals surface area contributed by atoms with E-state index in [1.807, 2.05) is 0 Å². The summed E-state index contributed by atoms with van der Waals surface area (Å²) in [6.45, 7) is -0.0764. The van der Waals surface area contributed by atoms with Crippen molar-refractivity contribution in [3.8, 4) is 0 Å². The Morgan fingerprint density at radius 1 is 1.04 bits per heavy atom. The van der Waals surface area contributed by atoms with E-state index in [1.54, 1.807) is 0 Å². The van der Waals surface area contributed by atoms with Crippen molar-refractivity contribution in [2.24, 2.45) is 0 Å².